The van der Waals surface area contributed by atoms with E-state index >= 15 is 0 Å². The second-order valence-corrected chi connectivity index (χ2v) is 8.03. The van der Waals surface area contributed by atoms with Gasteiger partial charge in [-0.25, -0.2) is 4.79 Å². The van der Waals surface area contributed by atoms with Crippen molar-refractivity contribution >= 4 is 29.7 Å². The third-order valence-corrected chi connectivity index (χ3v) is 5.69. The van der Waals surface area contributed by atoms with Gasteiger partial charge in [0.15, 0.2) is 0 Å². The van der Waals surface area contributed by atoms with Crippen LogP contribution in [0.5, 0.6) is 0 Å². The number of rotatable bonds is 8. The van der Waals surface area contributed by atoms with Crippen molar-refractivity contribution in [3.63, 3.8) is 0 Å². The van der Waals surface area contributed by atoms with E-state index in [4.69, 9.17) is 4.74 Å². The molecule has 3 rings (SSSR count). The number of alkyl carbamates (subject to hydrolysis) is 1. The molecule has 166 valence electrons. The van der Waals surface area contributed by atoms with E-state index in [1.165, 1.54) is 19.1 Å². The van der Waals surface area contributed by atoms with Crippen LogP contribution in [-0.2, 0) is 20.9 Å². The first-order valence-corrected chi connectivity index (χ1v) is 10.5. The van der Waals surface area contributed by atoms with Crippen LogP contribution in [0.1, 0.15) is 78.7 Å². The van der Waals surface area contributed by atoms with E-state index in [0.29, 0.717) is 12.2 Å². The van der Waals surface area contributed by atoms with Crippen molar-refractivity contribution in [2.45, 2.75) is 64.5 Å². The van der Waals surface area contributed by atoms with Gasteiger partial charge in [-0.05, 0) is 37.5 Å². The summed E-state index contributed by atoms with van der Waals surface area (Å²) in [5, 5.41) is 4.83. The summed E-state index contributed by atoms with van der Waals surface area (Å²) in [6, 6.07) is 4.69. The number of hydrogen-bond acceptors (Lipinski definition) is 6. The Morgan fingerprint density at radius 1 is 1.13 bits per heavy atom. The molecule has 0 spiro atoms. The summed E-state index contributed by atoms with van der Waals surface area (Å²) < 4.78 is 5.12. The van der Waals surface area contributed by atoms with Gasteiger partial charge in [0.25, 0.3) is 17.7 Å². The second-order valence-electron chi connectivity index (χ2n) is 8.03. The van der Waals surface area contributed by atoms with Gasteiger partial charge in [0, 0.05) is 13.0 Å². The number of imide groups is 2. The predicted octanol–water partition coefficient (Wildman–Crippen LogP) is 2.28. The number of ether oxygens (including phenoxy) is 1. The smallest absolute Gasteiger partial charge is 0.407 e. The summed E-state index contributed by atoms with van der Waals surface area (Å²) in [7, 11) is 0. The largest absolute Gasteiger partial charge is 0.450 e. The normalized spacial score (nSPS) is 20.5. The molecule has 2 aliphatic rings. The van der Waals surface area contributed by atoms with Gasteiger partial charge in [-0.15, -0.1) is 0 Å². The van der Waals surface area contributed by atoms with Gasteiger partial charge < -0.3 is 10.1 Å². The van der Waals surface area contributed by atoms with E-state index in [0.717, 1.165) is 30.6 Å². The van der Waals surface area contributed by atoms with Crippen LogP contribution in [0.25, 0.3) is 0 Å². The minimum Gasteiger partial charge on any atom is -0.450 e. The Balaban J connectivity index is 1.64. The molecule has 31 heavy (non-hydrogen) atoms. The summed E-state index contributed by atoms with van der Waals surface area (Å²) in [5.74, 6) is -2.25. The van der Waals surface area contributed by atoms with Gasteiger partial charge in [0.2, 0.25) is 5.91 Å². The molecule has 1 fully saturated rings. The summed E-state index contributed by atoms with van der Waals surface area (Å²) >= 11 is 0. The number of benzene rings is 1. The van der Waals surface area contributed by atoms with E-state index < -0.39 is 35.3 Å². The van der Waals surface area contributed by atoms with Crippen LogP contribution in [0, 0.1) is 0 Å². The van der Waals surface area contributed by atoms with E-state index in [2.05, 4.69) is 17.6 Å². The zero-order chi connectivity index (χ0) is 22.6. The number of amides is 5. The first-order chi connectivity index (χ1) is 14.8. The third kappa shape index (κ3) is 4.60. The highest BCUT2D eigenvalue weighted by atomic mass is 16.5. The maximum Gasteiger partial charge on any atom is 0.407 e. The number of unbranched alkanes of at least 4 members (excludes halogenated alkanes) is 3. The molecule has 5 amide bonds. The summed E-state index contributed by atoms with van der Waals surface area (Å²) in [6.45, 7) is 4.07. The lowest BCUT2D eigenvalue weighted by Crippen LogP contribution is -2.62. The number of carbonyl (C=O) groups is 5. The van der Waals surface area contributed by atoms with Crippen LogP contribution < -0.4 is 10.6 Å². The molecule has 1 atom stereocenters. The van der Waals surface area contributed by atoms with Crippen LogP contribution >= 0.6 is 0 Å². The molecule has 9 nitrogen and oxygen atoms in total. The van der Waals surface area contributed by atoms with Crippen LogP contribution in [0.15, 0.2) is 18.2 Å². The maximum atomic E-state index is 13.0. The maximum absolute atomic E-state index is 13.0. The Labute approximate surface area is 180 Å². The molecule has 2 aliphatic heterocycles. The Morgan fingerprint density at radius 3 is 2.58 bits per heavy atom. The fraction of sp³-hybridized carbons (Fsp3) is 0.500. The van der Waals surface area contributed by atoms with Crippen molar-refractivity contribution in [2.24, 2.45) is 0 Å². The molecule has 0 radical (unpaired) electrons. The quantitative estimate of drug-likeness (QED) is 0.483. The summed E-state index contributed by atoms with van der Waals surface area (Å²) in [5.41, 5.74) is -0.444. The molecule has 0 aromatic heterocycles. The minimum atomic E-state index is -1.43. The van der Waals surface area contributed by atoms with Gasteiger partial charge in [-0.1, -0.05) is 32.3 Å². The van der Waals surface area contributed by atoms with Gasteiger partial charge in [-0.2, -0.15) is 0 Å². The number of nitrogens with one attached hydrogen (secondary N) is 2. The van der Waals surface area contributed by atoms with Crippen molar-refractivity contribution in [2.75, 3.05) is 6.61 Å². The third-order valence-electron chi connectivity index (χ3n) is 5.69. The first-order valence-electron chi connectivity index (χ1n) is 10.5. The number of nitrogens with zero attached hydrogens (tertiary/aromatic N) is 1. The van der Waals surface area contributed by atoms with Crippen molar-refractivity contribution in [3.8, 4) is 0 Å². The minimum absolute atomic E-state index is 0.0470. The number of hydrogen-bond donors (Lipinski definition) is 2. The van der Waals surface area contributed by atoms with Gasteiger partial charge in [0.1, 0.15) is 5.54 Å². The van der Waals surface area contributed by atoms with E-state index in [1.807, 2.05) is 0 Å². The van der Waals surface area contributed by atoms with Crippen molar-refractivity contribution in [1.29, 1.82) is 0 Å². The number of carbonyl (C=O) groups excluding carboxylic acids is 5. The highest BCUT2D eigenvalue weighted by Crippen LogP contribution is 2.34. The monoisotopic (exact) mass is 429 g/mol. The topological polar surface area (TPSA) is 122 Å². The molecule has 2 heterocycles. The van der Waals surface area contributed by atoms with Crippen LogP contribution in [0.3, 0.4) is 0 Å². The van der Waals surface area contributed by atoms with E-state index in [-0.39, 0.29) is 30.5 Å². The average Bonchev–Trinajstić information content (AvgIpc) is 2.99. The molecular formula is C22H27N3O6. The number of piperidine rings is 1. The van der Waals surface area contributed by atoms with Crippen LogP contribution in [0.2, 0.25) is 0 Å². The fourth-order valence-electron chi connectivity index (χ4n) is 3.77. The SMILES string of the molecule is CCCCCCOC(=O)NCc1ccc2c(c1)C(=O)N([C@@]1(C)CCC(=O)NC1=O)C2=O. The Bertz CT molecular complexity index is 928. The molecule has 1 aromatic carbocycles. The van der Waals surface area contributed by atoms with Crippen molar-refractivity contribution in [1.82, 2.24) is 15.5 Å². The Kier molecular flexibility index (Phi) is 6.72. The lowest BCUT2D eigenvalue weighted by Gasteiger charge is -2.38. The van der Waals surface area contributed by atoms with Gasteiger partial charge in [0.05, 0.1) is 17.7 Å². The van der Waals surface area contributed by atoms with Crippen molar-refractivity contribution < 1.29 is 28.7 Å². The molecule has 0 unspecified atom stereocenters. The fourth-order valence-corrected chi connectivity index (χ4v) is 3.77. The molecule has 0 saturated carbocycles. The standard InChI is InChI=1S/C22H27N3O6/c1-3-4-5-6-11-31-21(30)23-13-14-7-8-15-16(12-14)19(28)25(18(15)27)22(2)10-9-17(26)24-20(22)29/h7-8,12H,3-6,9-11,13H2,1-2H3,(H,23,30)(H,24,26,29)/t22-/m0/s1. The number of fused-ring (bicyclic) bond motifs is 1. The lowest BCUT2D eigenvalue weighted by molar-refractivity contribution is -0.140. The lowest BCUT2D eigenvalue weighted by atomic mass is 9.89. The first kappa shape index (κ1) is 22.5. The molecule has 0 bridgehead atoms. The molecule has 2 N–H and O–H groups in total. The molecule has 1 saturated heterocycles. The Morgan fingerprint density at radius 2 is 1.87 bits per heavy atom. The predicted molar refractivity (Wildman–Crippen MR) is 110 cm³/mol. The second kappa shape index (κ2) is 9.28. The highest BCUT2D eigenvalue weighted by molar-refractivity contribution is 6.24. The zero-order valence-electron chi connectivity index (χ0n) is 17.8. The summed E-state index contributed by atoms with van der Waals surface area (Å²) in [6.07, 6.45) is 3.59. The van der Waals surface area contributed by atoms with Crippen LogP contribution in [0.4, 0.5) is 4.79 Å². The van der Waals surface area contributed by atoms with Gasteiger partial charge in [-0.3, -0.25) is 29.4 Å². The molecule has 1 aromatic rings. The van der Waals surface area contributed by atoms with Crippen LogP contribution in [-0.4, -0.2) is 46.8 Å². The average molecular weight is 429 g/mol. The Hall–Kier alpha value is -3.23. The molecule has 9 heteroatoms. The molecule has 0 aliphatic carbocycles. The van der Waals surface area contributed by atoms with Crippen molar-refractivity contribution in [3.05, 3.63) is 34.9 Å². The zero-order valence-corrected chi connectivity index (χ0v) is 17.8. The summed E-state index contributed by atoms with van der Waals surface area (Å²) in [4.78, 5) is 62.5. The highest BCUT2D eigenvalue weighted by Gasteiger charge is 2.52. The molecular weight excluding hydrogens is 402 g/mol. The van der Waals surface area contributed by atoms with E-state index in [9.17, 15) is 24.0 Å². The van der Waals surface area contributed by atoms with E-state index in [1.54, 1.807) is 6.07 Å². The van der Waals surface area contributed by atoms with Gasteiger partial charge >= 0.3 is 6.09 Å².